The lowest BCUT2D eigenvalue weighted by Crippen LogP contribution is -2.44. The number of rotatable bonds is 3. The van der Waals surface area contributed by atoms with Crippen molar-refractivity contribution in [2.24, 2.45) is 4.99 Å². The summed E-state index contributed by atoms with van der Waals surface area (Å²) < 4.78 is 15.2. The smallest absolute Gasteiger partial charge is 0.273 e. The fourth-order valence-corrected chi connectivity index (χ4v) is 3.90. The molecular weight excluding hydrogens is 426 g/mol. The van der Waals surface area contributed by atoms with E-state index in [0.29, 0.717) is 27.3 Å². The molecule has 0 spiro atoms. The Morgan fingerprint density at radius 2 is 1.73 bits per heavy atom. The number of nitrogens with zero attached hydrogens (tertiary/aromatic N) is 4. The van der Waals surface area contributed by atoms with Crippen molar-refractivity contribution < 1.29 is 9.18 Å². The van der Waals surface area contributed by atoms with Crippen LogP contribution in [-0.4, -0.2) is 39.0 Å². The lowest BCUT2D eigenvalue weighted by Gasteiger charge is -2.27. The molecule has 0 unspecified atom stereocenters. The number of halogens is 3. The van der Waals surface area contributed by atoms with Crippen LogP contribution in [0.1, 0.15) is 25.1 Å². The second-order valence-corrected chi connectivity index (χ2v) is 8.54. The summed E-state index contributed by atoms with van der Waals surface area (Å²) in [4.78, 5) is 18.5. The Balaban J connectivity index is 1.98. The van der Waals surface area contributed by atoms with E-state index in [1.807, 2.05) is 32.7 Å². The zero-order valence-corrected chi connectivity index (χ0v) is 18.4. The van der Waals surface area contributed by atoms with Gasteiger partial charge in [-0.25, -0.2) is 9.07 Å². The SMILES string of the molecule is Cc1c(C2=NC(=O)C(C)(C)N2C)nn(-c2ccc(Cl)cc2Cl)c1-c1ccc(F)cc1. The van der Waals surface area contributed by atoms with Gasteiger partial charge in [-0.15, -0.1) is 0 Å². The first kappa shape index (κ1) is 20.6. The first-order chi connectivity index (χ1) is 14.1. The Bertz CT molecular complexity index is 1200. The van der Waals surface area contributed by atoms with Crippen LogP contribution in [0.3, 0.4) is 0 Å². The van der Waals surface area contributed by atoms with Crippen LogP contribution >= 0.6 is 23.2 Å². The molecule has 2 heterocycles. The second kappa shape index (κ2) is 7.22. The van der Waals surface area contributed by atoms with E-state index in [0.717, 1.165) is 16.8 Å². The Morgan fingerprint density at radius 3 is 2.30 bits per heavy atom. The number of likely N-dealkylation sites (N-methyl/N-ethyl adjacent to an activating group) is 1. The Kier molecular flexibility index (Phi) is 4.95. The number of carbonyl (C=O) groups is 1. The third-order valence-corrected chi connectivity index (χ3v) is 6.01. The van der Waals surface area contributed by atoms with Crippen molar-refractivity contribution >= 4 is 34.9 Å². The van der Waals surface area contributed by atoms with Crippen molar-refractivity contribution in [3.05, 3.63) is 69.6 Å². The molecule has 1 amide bonds. The average Bonchev–Trinajstić information content (AvgIpc) is 3.11. The number of benzene rings is 2. The predicted octanol–water partition coefficient (Wildman–Crippen LogP) is 5.29. The lowest BCUT2D eigenvalue weighted by molar-refractivity contribution is -0.123. The van der Waals surface area contributed by atoms with Crippen molar-refractivity contribution in [3.8, 4) is 16.9 Å². The van der Waals surface area contributed by atoms with Crippen molar-refractivity contribution in [2.75, 3.05) is 7.05 Å². The molecule has 0 aliphatic carbocycles. The van der Waals surface area contributed by atoms with Crippen LogP contribution in [0, 0.1) is 12.7 Å². The third kappa shape index (κ3) is 3.20. The van der Waals surface area contributed by atoms with Crippen molar-refractivity contribution in [3.63, 3.8) is 0 Å². The maximum absolute atomic E-state index is 13.5. The third-order valence-electron chi connectivity index (χ3n) is 5.48. The topological polar surface area (TPSA) is 50.5 Å². The van der Waals surface area contributed by atoms with Gasteiger partial charge in [-0.2, -0.15) is 10.1 Å². The normalized spacial score (nSPS) is 15.6. The van der Waals surface area contributed by atoms with Crippen molar-refractivity contribution in [2.45, 2.75) is 26.3 Å². The number of hydrogen-bond acceptors (Lipinski definition) is 3. The molecule has 0 saturated carbocycles. The molecule has 0 radical (unpaired) electrons. The minimum absolute atomic E-state index is 0.234. The predicted molar refractivity (Wildman–Crippen MR) is 117 cm³/mol. The van der Waals surface area contributed by atoms with Crippen LogP contribution in [0.15, 0.2) is 47.5 Å². The van der Waals surface area contributed by atoms with Gasteiger partial charge >= 0.3 is 0 Å². The monoisotopic (exact) mass is 444 g/mol. The highest BCUT2D eigenvalue weighted by Crippen LogP contribution is 2.35. The molecule has 0 saturated heterocycles. The molecule has 4 rings (SSSR count). The van der Waals surface area contributed by atoms with Gasteiger partial charge in [-0.1, -0.05) is 23.2 Å². The van der Waals surface area contributed by atoms with E-state index >= 15 is 0 Å². The average molecular weight is 445 g/mol. The van der Waals surface area contributed by atoms with Crippen LogP contribution in [0.5, 0.6) is 0 Å². The Hall–Kier alpha value is -2.70. The van der Waals surface area contributed by atoms with Gasteiger partial charge in [0.2, 0.25) is 0 Å². The zero-order valence-electron chi connectivity index (χ0n) is 16.9. The van der Waals surface area contributed by atoms with Gasteiger partial charge in [0, 0.05) is 23.2 Å². The van der Waals surface area contributed by atoms with Gasteiger partial charge in [0.05, 0.1) is 16.4 Å². The van der Waals surface area contributed by atoms with Gasteiger partial charge in [-0.05, 0) is 63.2 Å². The second-order valence-electron chi connectivity index (χ2n) is 7.70. The summed E-state index contributed by atoms with van der Waals surface area (Å²) in [6.45, 7) is 5.53. The number of aromatic nitrogens is 2. The Labute approximate surface area is 183 Å². The summed E-state index contributed by atoms with van der Waals surface area (Å²) >= 11 is 12.5. The highest BCUT2D eigenvalue weighted by Gasteiger charge is 2.42. The Morgan fingerprint density at radius 1 is 1.07 bits per heavy atom. The van der Waals surface area contributed by atoms with Gasteiger partial charge in [0.15, 0.2) is 5.84 Å². The lowest BCUT2D eigenvalue weighted by atomic mass is 10.0. The van der Waals surface area contributed by atoms with E-state index in [-0.39, 0.29) is 11.7 Å². The minimum atomic E-state index is -0.764. The van der Waals surface area contributed by atoms with Crippen LogP contribution in [0.25, 0.3) is 16.9 Å². The molecule has 1 aromatic heterocycles. The summed E-state index contributed by atoms with van der Waals surface area (Å²) in [5.74, 6) is -0.0871. The first-order valence-electron chi connectivity index (χ1n) is 9.29. The number of amides is 1. The molecule has 2 aromatic carbocycles. The summed E-state index contributed by atoms with van der Waals surface area (Å²) in [6.07, 6.45) is 0. The minimum Gasteiger partial charge on any atom is -0.343 e. The van der Waals surface area contributed by atoms with E-state index in [1.165, 1.54) is 12.1 Å². The highest BCUT2D eigenvalue weighted by molar-refractivity contribution is 6.35. The molecule has 1 aliphatic heterocycles. The molecular formula is C22H19Cl2FN4O. The first-order valence-corrected chi connectivity index (χ1v) is 10.0. The van der Waals surface area contributed by atoms with Gasteiger partial charge in [0.1, 0.15) is 17.1 Å². The quantitative estimate of drug-likeness (QED) is 0.551. The summed E-state index contributed by atoms with van der Waals surface area (Å²) in [7, 11) is 1.81. The van der Waals surface area contributed by atoms with Crippen LogP contribution in [0.4, 0.5) is 4.39 Å². The van der Waals surface area contributed by atoms with E-state index in [4.69, 9.17) is 28.3 Å². The number of aliphatic imine (C=N–C) groups is 1. The van der Waals surface area contributed by atoms with Gasteiger partial charge in [0.25, 0.3) is 5.91 Å². The van der Waals surface area contributed by atoms with Crippen LogP contribution in [-0.2, 0) is 4.79 Å². The standard InChI is InChI=1S/C22H19Cl2FN4O/c1-12-18(20-26-21(30)22(2,3)28(20)4)27-29(17-10-7-14(23)11-16(17)24)19(12)13-5-8-15(25)9-6-13/h5-11H,1-4H3. The van der Waals surface area contributed by atoms with Gasteiger partial charge < -0.3 is 4.90 Å². The summed E-state index contributed by atoms with van der Waals surface area (Å²) in [6, 6.07) is 11.3. The van der Waals surface area contributed by atoms with Crippen LogP contribution in [0.2, 0.25) is 10.0 Å². The molecule has 0 N–H and O–H groups in total. The van der Waals surface area contributed by atoms with E-state index in [9.17, 15) is 9.18 Å². The number of amidine groups is 1. The van der Waals surface area contributed by atoms with Crippen molar-refractivity contribution in [1.82, 2.24) is 14.7 Å². The molecule has 0 atom stereocenters. The molecule has 154 valence electrons. The molecule has 0 bridgehead atoms. The maximum Gasteiger partial charge on any atom is 0.273 e. The fourth-order valence-electron chi connectivity index (χ4n) is 3.41. The number of carbonyl (C=O) groups excluding carboxylic acids is 1. The van der Waals surface area contributed by atoms with Crippen molar-refractivity contribution in [1.29, 1.82) is 0 Å². The molecule has 30 heavy (non-hydrogen) atoms. The molecule has 8 heteroatoms. The van der Waals surface area contributed by atoms with E-state index < -0.39 is 5.54 Å². The molecule has 1 aliphatic rings. The highest BCUT2D eigenvalue weighted by atomic mass is 35.5. The number of hydrogen-bond donors (Lipinski definition) is 0. The molecule has 3 aromatic rings. The van der Waals surface area contributed by atoms with Crippen LogP contribution < -0.4 is 0 Å². The van der Waals surface area contributed by atoms with E-state index in [2.05, 4.69) is 4.99 Å². The largest absolute Gasteiger partial charge is 0.343 e. The fraction of sp³-hybridized carbons (Fsp3) is 0.227. The summed E-state index contributed by atoms with van der Waals surface area (Å²) in [5.41, 5.74) is 2.68. The summed E-state index contributed by atoms with van der Waals surface area (Å²) in [5, 5.41) is 5.69. The van der Waals surface area contributed by atoms with Gasteiger partial charge in [-0.3, -0.25) is 4.79 Å². The van der Waals surface area contributed by atoms with E-state index in [1.54, 1.807) is 35.0 Å². The molecule has 5 nitrogen and oxygen atoms in total. The maximum atomic E-state index is 13.5. The zero-order chi connectivity index (χ0) is 21.8. The molecule has 0 fully saturated rings.